The van der Waals surface area contributed by atoms with Crippen LogP contribution >= 0.6 is 0 Å². The largest absolute Gasteiger partial charge is 0.481 e. The number of hydrogen-bond acceptors (Lipinski definition) is 8. The van der Waals surface area contributed by atoms with Crippen molar-refractivity contribution in [3.05, 3.63) is 0 Å². The van der Waals surface area contributed by atoms with E-state index in [1.807, 2.05) is 13.8 Å². The highest BCUT2D eigenvalue weighted by molar-refractivity contribution is 5.91. The number of nitrogens with one attached hydrogen (secondary N) is 3. The number of carbonyl (C=O) groups excluding carboxylic acids is 3. The number of carboxylic acid groups (broad SMARTS) is 1. The molecular formula is C19H36N4O8. The summed E-state index contributed by atoms with van der Waals surface area (Å²) in [5.41, 5.74) is 3.72. The second kappa shape index (κ2) is 11.9. The summed E-state index contributed by atoms with van der Waals surface area (Å²) in [5, 5.41) is 46.4. The molecule has 0 saturated heterocycles. The molecule has 12 nitrogen and oxygen atoms in total. The Kier molecular flexibility index (Phi) is 11.1. The highest BCUT2D eigenvalue weighted by Gasteiger charge is 2.49. The van der Waals surface area contributed by atoms with Gasteiger partial charge in [0, 0.05) is 13.3 Å². The lowest BCUT2D eigenvalue weighted by atomic mass is 9.84. The molecule has 0 aliphatic rings. The van der Waals surface area contributed by atoms with Crippen LogP contribution in [0.4, 0.5) is 0 Å². The van der Waals surface area contributed by atoms with Crippen LogP contribution in [0.1, 0.15) is 53.9 Å². The summed E-state index contributed by atoms with van der Waals surface area (Å²) in [4.78, 5) is 47.4. The van der Waals surface area contributed by atoms with Gasteiger partial charge in [-0.05, 0) is 32.6 Å². The number of carbonyl (C=O) groups is 4. The van der Waals surface area contributed by atoms with E-state index >= 15 is 0 Å². The van der Waals surface area contributed by atoms with E-state index in [0.29, 0.717) is 6.42 Å². The Balaban J connectivity index is 5.41. The summed E-state index contributed by atoms with van der Waals surface area (Å²) in [6.45, 7) is 6.58. The lowest BCUT2D eigenvalue weighted by Crippen LogP contribution is -2.70. The minimum Gasteiger partial charge on any atom is -0.481 e. The van der Waals surface area contributed by atoms with E-state index < -0.39 is 72.6 Å². The highest BCUT2D eigenvalue weighted by Crippen LogP contribution is 2.24. The average Bonchev–Trinajstić information content (AvgIpc) is 2.62. The molecule has 0 aromatic carbocycles. The second-order valence-electron chi connectivity index (χ2n) is 8.41. The zero-order valence-electron chi connectivity index (χ0n) is 18.6. The van der Waals surface area contributed by atoms with Crippen LogP contribution < -0.4 is 21.7 Å². The van der Waals surface area contributed by atoms with Crippen molar-refractivity contribution in [1.82, 2.24) is 16.0 Å². The predicted octanol–water partition coefficient (Wildman–Crippen LogP) is -2.22. The maximum atomic E-state index is 12.6. The first-order valence-corrected chi connectivity index (χ1v) is 9.99. The van der Waals surface area contributed by atoms with Gasteiger partial charge >= 0.3 is 5.97 Å². The highest BCUT2D eigenvalue weighted by atomic mass is 16.5. The Morgan fingerprint density at radius 3 is 1.97 bits per heavy atom. The van der Waals surface area contributed by atoms with Gasteiger partial charge in [0.05, 0.1) is 18.2 Å². The Labute approximate surface area is 181 Å². The fraction of sp³-hybridized carbons (Fsp3) is 0.789. The third-order valence-electron chi connectivity index (χ3n) is 4.77. The first-order valence-electron chi connectivity index (χ1n) is 9.99. The van der Waals surface area contributed by atoms with Gasteiger partial charge in [-0.25, -0.2) is 0 Å². The number of rotatable bonds is 13. The number of aliphatic carboxylic acids is 1. The lowest BCUT2D eigenvalue weighted by Gasteiger charge is -2.42. The Morgan fingerprint density at radius 2 is 1.55 bits per heavy atom. The van der Waals surface area contributed by atoms with Gasteiger partial charge in [0.25, 0.3) is 0 Å². The zero-order chi connectivity index (χ0) is 24.6. The molecule has 31 heavy (non-hydrogen) atoms. The first-order chi connectivity index (χ1) is 14.0. The maximum Gasteiger partial charge on any atom is 0.303 e. The van der Waals surface area contributed by atoms with Crippen LogP contribution in [0.15, 0.2) is 0 Å². The fourth-order valence-corrected chi connectivity index (χ4v) is 2.78. The summed E-state index contributed by atoms with van der Waals surface area (Å²) in [7, 11) is 0. The minimum atomic E-state index is -2.85. The van der Waals surface area contributed by atoms with E-state index in [4.69, 9.17) is 10.8 Å². The zero-order valence-corrected chi connectivity index (χ0v) is 18.6. The summed E-state index contributed by atoms with van der Waals surface area (Å²) < 4.78 is 0. The van der Waals surface area contributed by atoms with E-state index in [9.17, 15) is 34.5 Å². The van der Waals surface area contributed by atoms with Gasteiger partial charge in [-0.1, -0.05) is 13.8 Å². The third-order valence-corrected chi connectivity index (χ3v) is 4.77. The van der Waals surface area contributed by atoms with Gasteiger partial charge in [-0.2, -0.15) is 0 Å². The van der Waals surface area contributed by atoms with Crippen LogP contribution in [0.2, 0.25) is 0 Å². The number of hydrogen-bond donors (Lipinski definition) is 8. The van der Waals surface area contributed by atoms with E-state index in [1.165, 1.54) is 13.8 Å². The number of amides is 3. The van der Waals surface area contributed by atoms with Crippen LogP contribution in [0.25, 0.3) is 0 Å². The maximum absolute atomic E-state index is 12.6. The monoisotopic (exact) mass is 448 g/mol. The van der Waals surface area contributed by atoms with E-state index in [0.717, 1.165) is 6.92 Å². The van der Waals surface area contributed by atoms with Gasteiger partial charge in [0.15, 0.2) is 0 Å². The van der Waals surface area contributed by atoms with Crippen molar-refractivity contribution in [1.29, 1.82) is 0 Å². The van der Waals surface area contributed by atoms with E-state index in [1.54, 1.807) is 0 Å². The average molecular weight is 449 g/mol. The first kappa shape index (κ1) is 28.7. The van der Waals surface area contributed by atoms with E-state index in [-0.39, 0.29) is 5.92 Å². The predicted molar refractivity (Wildman–Crippen MR) is 110 cm³/mol. The molecule has 0 saturated carbocycles. The summed E-state index contributed by atoms with van der Waals surface area (Å²) >= 11 is 0. The van der Waals surface area contributed by atoms with Crippen molar-refractivity contribution < 1.29 is 39.6 Å². The van der Waals surface area contributed by atoms with Crippen LogP contribution in [-0.2, 0) is 19.2 Å². The van der Waals surface area contributed by atoms with Crippen LogP contribution in [0.3, 0.4) is 0 Å². The van der Waals surface area contributed by atoms with Gasteiger partial charge in [-0.3, -0.25) is 19.2 Å². The van der Waals surface area contributed by atoms with Crippen molar-refractivity contribution in [2.75, 3.05) is 6.61 Å². The van der Waals surface area contributed by atoms with Crippen molar-refractivity contribution in [3.63, 3.8) is 0 Å². The molecule has 180 valence electrons. The summed E-state index contributed by atoms with van der Waals surface area (Å²) in [6.07, 6.45) is -0.585. The molecule has 9 N–H and O–H groups in total. The fourth-order valence-electron chi connectivity index (χ4n) is 2.78. The normalized spacial score (nSPS) is 16.6. The summed E-state index contributed by atoms with van der Waals surface area (Å²) in [6, 6.07) is -3.58. The Hall–Kier alpha value is -2.28. The molecule has 4 atom stereocenters. The molecule has 0 aromatic heterocycles. The molecule has 0 rings (SSSR count). The number of aliphatic hydroxyl groups excluding tert-OH is 1. The van der Waals surface area contributed by atoms with Gasteiger partial charge in [0.1, 0.15) is 12.1 Å². The third kappa shape index (κ3) is 9.17. The van der Waals surface area contributed by atoms with Crippen LogP contribution in [0, 0.1) is 5.92 Å². The standard InChI is InChI=1S/C19H36N4O8/c1-10(2)8-13(22-12(4)25)17(29)21-11(3)16(28)23-14(6-7-15(26)27)19(30,31)18(5,20)9-24/h10-11,13-14,24,30-31H,6-9,20H2,1-5H3,(H,21,29)(H,22,25)(H,23,28)(H,26,27)/t11-,13-,14-,18-/m0/s1. The number of carboxylic acids is 1. The second-order valence-corrected chi connectivity index (χ2v) is 8.41. The van der Waals surface area contributed by atoms with Gasteiger partial charge < -0.3 is 42.1 Å². The van der Waals surface area contributed by atoms with Crippen molar-refractivity contribution in [2.24, 2.45) is 11.7 Å². The molecule has 0 aliphatic heterocycles. The SMILES string of the molecule is CC(=O)N[C@@H](CC(C)C)C(=O)N[C@@H](C)C(=O)N[C@@H](CCC(=O)O)C(O)(O)[C@@](C)(N)CO. The Bertz CT molecular complexity index is 651. The summed E-state index contributed by atoms with van der Waals surface area (Å²) in [5.74, 6) is -5.87. The van der Waals surface area contributed by atoms with Crippen LogP contribution in [0.5, 0.6) is 0 Å². The molecular weight excluding hydrogens is 412 g/mol. The quantitative estimate of drug-likeness (QED) is 0.143. The molecule has 0 heterocycles. The molecule has 0 bridgehead atoms. The van der Waals surface area contributed by atoms with E-state index in [2.05, 4.69) is 16.0 Å². The van der Waals surface area contributed by atoms with Crippen molar-refractivity contribution in [3.8, 4) is 0 Å². The molecule has 0 aromatic rings. The number of nitrogens with two attached hydrogens (primary N) is 1. The van der Waals surface area contributed by atoms with Crippen LogP contribution in [-0.4, -0.2) is 80.2 Å². The van der Waals surface area contributed by atoms with Crippen molar-refractivity contribution >= 4 is 23.7 Å². The van der Waals surface area contributed by atoms with Crippen molar-refractivity contribution in [2.45, 2.75) is 83.3 Å². The van der Waals surface area contributed by atoms with Gasteiger partial charge in [-0.15, -0.1) is 0 Å². The smallest absolute Gasteiger partial charge is 0.303 e. The Morgan fingerprint density at radius 1 is 1.00 bits per heavy atom. The molecule has 0 fully saturated rings. The molecule has 0 unspecified atom stereocenters. The minimum absolute atomic E-state index is 0.0808. The number of aliphatic hydroxyl groups is 3. The lowest BCUT2D eigenvalue weighted by molar-refractivity contribution is -0.233. The van der Waals surface area contributed by atoms with Gasteiger partial charge in [0.2, 0.25) is 23.5 Å². The molecule has 0 radical (unpaired) electrons. The topological polar surface area (TPSA) is 211 Å². The molecule has 12 heteroatoms. The molecule has 0 aliphatic carbocycles. The molecule has 3 amide bonds. The molecule has 0 spiro atoms.